The van der Waals surface area contributed by atoms with Crippen LogP contribution in [-0.4, -0.2) is 0 Å². The summed E-state index contributed by atoms with van der Waals surface area (Å²) >= 11 is 0. The van der Waals surface area contributed by atoms with E-state index in [0.29, 0.717) is 12.0 Å². The standard InChI is InChI=1S/C9H9F3.ClH.H3N/c1-2-7-4-3-5-8(6-7)9(10,11)12;;/h3-6H,2H2,1H3;1H;1H3. The fourth-order valence-electron chi connectivity index (χ4n) is 0.968. The molecule has 0 aliphatic carbocycles. The van der Waals surface area contributed by atoms with Crippen molar-refractivity contribution in [1.29, 1.82) is 0 Å². The smallest absolute Gasteiger partial charge is 0.344 e. The third-order valence-corrected chi connectivity index (χ3v) is 1.66. The van der Waals surface area contributed by atoms with Gasteiger partial charge in [0.1, 0.15) is 0 Å². The summed E-state index contributed by atoms with van der Waals surface area (Å²) in [6.45, 7) is 1.83. The number of rotatable bonds is 1. The molecule has 1 aromatic rings. The van der Waals surface area contributed by atoms with Gasteiger partial charge in [0.25, 0.3) is 0 Å². The lowest BCUT2D eigenvalue weighted by Crippen LogP contribution is -2.04. The molecule has 0 bridgehead atoms. The van der Waals surface area contributed by atoms with Crippen LogP contribution in [0.25, 0.3) is 0 Å². The third kappa shape index (κ3) is 3.98. The summed E-state index contributed by atoms with van der Waals surface area (Å²) in [6, 6.07) is 5.38. The summed E-state index contributed by atoms with van der Waals surface area (Å²) in [7, 11) is 0. The SMILES string of the molecule is CCc1cccc(C(F)(F)F)c1.Cl.N. The molecule has 0 spiro atoms. The summed E-state index contributed by atoms with van der Waals surface area (Å²) in [4.78, 5) is 0. The van der Waals surface area contributed by atoms with Crippen molar-refractivity contribution in [3.05, 3.63) is 35.4 Å². The Hall–Kier alpha value is -0.740. The maximum absolute atomic E-state index is 12.1. The van der Waals surface area contributed by atoms with Gasteiger partial charge in [-0.15, -0.1) is 12.4 Å². The Kier molecular flexibility index (Phi) is 6.60. The molecule has 0 saturated carbocycles. The minimum atomic E-state index is -4.22. The molecular weight excluding hydrogens is 215 g/mol. The molecule has 0 aromatic heterocycles. The van der Waals surface area contributed by atoms with E-state index in [0.717, 1.165) is 6.07 Å². The Morgan fingerprint density at radius 3 is 2.21 bits per heavy atom. The molecule has 0 amide bonds. The van der Waals surface area contributed by atoms with Gasteiger partial charge in [-0.2, -0.15) is 13.2 Å². The van der Waals surface area contributed by atoms with E-state index in [1.54, 1.807) is 6.07 Å². The van der Waals surface area contributed by atoms with E-state index in [9.17, 15) is 13.2 Å². The van der Waals surface area contributed by atoms with Crippen molar-refractivity contribution in [2.45, 2.75) is 19.5 Å². The molecular formula is C9H13ClF3N. The number of hydrogen-bond acceptors (Lipinski definition) is 1. The Morgan fingerprint density at radius 2 is 1.79 bits per heavy atom. The van der Waals surface area contributed by atoms with Gasteiger partial charge in [-0.05, 0) is 18.1 Å². The number of alkyl halides is 3. The van der Waals surface area contributed by atoms with E-state index in [4.69, 9.17) is 0 Å². The van der Waals surface area contributed by atoms with E-state index < -0.39 is 11.7 Å². The summed E-state index contributed by atoms with van der Waals surface area (Å²) in [6.07, 6.45) is -3.59. The maximum atomic E-state index is 12.1. The number of hydrogen-bond donors (Lipinski definition) is 1. The van der Waals surface area contributed by atoms with Gasteiger partial charge < -0.3 is 6.15 Å². The first-order valence-electron chi connectivity index (χ1n) is 3.70. The molecule has 0 aliphatic heterocycles. The van der Waals surface area contributed by atoms with Crippen LogP contribution in [-0.2, 0) is 12.6 Å². The minimum absolute atomic E-state index is 0. The highest BCUT2D eigenvalue weighted by atomic mass is 35.5. The molecule has 1 aromatic carbocycles. The van der Waals surface area contributed by atoms with Crippen molar-refractivity contribution in [3.63, 3.8) is 0 Å². The molecule has 5 heteroatoms. The van der Waals surface area contributed by atoms with Crippen LogP contribution in [0.3, 0.4) is 0 Å². The Balaban J connectivity index is 0. The normalized spacial score (nSPS) is 10.0. The second-order valence-electron chi connectivity index (χ2n) is 2.55. The molecule has 1 nitrogen and oxygen atoms in total. The average molecular weight is 228 g/mol. The first-order valence-corrected chi connectivity index (χ1v) is 3.70. The van der Waals surface area contributed by atoms with Crippen LogP contribution in [0.1, 0.15) is 18.1 Å². The fraction of sp³-hybridized carbons (Fsp3) is 0.333. The molecule has 0 unspecified atom stereocenters. The summed E-state index contributed by atoms with van der Waals surface area (Å²) in [5, 5.41) is 0. The van der Waals surface area contributed by atoms with E-state index >= 15 is 0 Å². The second kappa shape index (κ2) is 5.88. The fourth-order valence-corrected chi connectivity index (χ4v) is 0.968. The van der Waals surface area contributed by atoms with Crippen molar-refractivity contribution in [1.82, 2.24) is 6.15 Å². The zero-order chi connectivity index (χ0) is 9.19. The number of benzene rings is 1. The average Bonchev–Trinajstić information content (AvgIpc) is 2.03. The molecule has 0 atom stereocenters. The highest BCUT2D eigenvalue weighted by Gasteiger charge is 2.30. The zero-order valence-corrected chi connectivity index (χ0v) is 8.58. The van der Waals surface area contributed by atoms with Crippen molar-refractivity contribution in [2.24, 2.45) is 0 Å². The highest BCUT2D eigenvalue weighted by molar-refractivity contribution is 5.85. The van der Waals surface area contributed by atoms with Crippen LogP contribution in [0.4, 0.5) is 13.2 Å². The molecule has 14 heavy (non-hydrogen) atoms. The van der Waals surface area contributed by atoms with Crippen LogP contribution in [0.5, 0.6) is 0 Å². The van der Waals surface area contributed by atoms with E-state index in [1.807, 2.05) is 6.92 Å². The van der Waals surface area contributed by atoms with Crippen molar-refractivity contribution < 1.29 is 13.2 Å². The molecule has 1 rings (SSSR count). The molecule has 0 radical (unpaired) electrons. The molecule has 82 valence electrons. The van der Waals surface area contributed by atoms with Gasteiger partial charge >= 0.3 is 6.18 Å². The zero-order valence-electron chi connectivity index (χ0n) is 7.77. The van der Waals surface area contributed by atoms with Gasteiger partial charge in [-0.1, -0.05) is 25.1 Å². The molecule has 0 fully saturated rings. The van der Waals surface area contributed by atoms with Crippen molar-refractivity contribution in [3.8, 4) is 0 Å². The van der Waals surface area contributed by atoms with Crippen LogP contribution in [0.15, 0.2) is 24.3 Å². The monoisotopic (exact) mass is 227 g/mol. The van der Waals surface area contributed by atoms with Gasteiger partial charge in [0.05, 0.1) is 5.56 Å². The summed E-state index contributed by atoms with van der Waals surface area (Å²) < 4.78 is 36.3. The van der Waals surface area contributed by atoms with Crippen molar-refractivity contribution >= 4 is 12.4 Å². The number of halogens is 4. The van der Waals surface area contributed by atoms with Gasteiger partial charge in [-0.3, -0.25) is 0 Å². The quantitative estimate of drug-likeness (QED) is 0.777. The maximum Gasteiger partial charge on any atom is 0.416 e. The van der Waals surface area contributed by atoms with Crippen molar-refractivity contribution in [2.75, 3.05) is 0 Å². The number of aryl methyl sites for hydroxylation is 1. The van der Waals surface area contributed by atoms with Crippen LogP contribution in [0, 0.1) is 0 Å². The Morgan fingerprint density at radius 1 is 1.21 bits per heavy atom. The second-order valence-corrected chi connectivity index (χ2v) is 2.55. The Labute approximate surface area is 87.3 Å². The van der Waals surface area contributed by atoms with E-state index in [1.165, 1.54) is 12.1 Å². The van der Waals surface area contributed by atoms with Gasteiger partial charge in [0.2, 0.25) is 0 Å². The molecule has 3 N–H and O–H groups in total. The van der Waals surface area contributed by atoms with Gasteiger partial charge in [-0.25, -0.2) is 0 Å². The predicted molar refractivity (Wildman–Crippen MR) is 53.1 cm³/mol. The summed E-state index contributed by atoms with van der Waals surface area (Å²) in [5.74, 6) is 0. The Bertz CT molecular complexity index is 273. The first kappa shape index (κ1) is 15.7. The van der Waals surface area contributed by atoms with Crippen LogP contribution >= 0.6 is 12.4 Å². The lowest BCUT2D eigenvalue weighted by Gasteiger charge is -2.06. The van der Waals surface area contributed by atoms with E-state index in [-0.39, 0.29) is 18.6 Å². The summed E-state index contributed by atoms with van der Waals surface area (Å²) in [5.41, 5.74) is 0.145. The third-order valence-electron chi connectivity index (χ3n) is 1.66. The first-order chi connectivity index (χ1) is 5.54. The lowest BCUT2D eigenvalue weighted by molar-refractivity contribution is -0.137. The predicted octanol–water partition coefficient (Wildman–Crippen LogP) is 3.85. The topological polar surface area (TPSA) is 35.0 Å². The molecule has 0 heterocycles. The lowest BCUT2D eigenvalue weighted by atomic mass is 10.1. The van der Waals surface area contributed by atoms with E-state index in [2.05, 4.69) is 0 Å². The van der Waals surface area contributed by atoms with Gasteiger partial charge in [0, 0.05) is 0 Å². The minimum Gasteiger partial charge on any atom is -0.344 e. The molecule has 0 saturated heterocycles. The van der Waals surface area contributed by atoms with Crippen LogP contribution in [0.2, 0.25) is 0 Å². The van der Waals surface area contributed by atoms with Crippen LogP contribution < -0.4 is 6.15 Å². The highest BCUT2D eigenvalue weighted by Crippen LogP contribution is 2.29. The van der Waals surface area contributed by atoms with Gasteiger partial charge in [0.15, 0.2) is 0 Å². The largest absolute Gasteiger partial charge is 0.416 e. The molecule has 0 aliphatic rings.